The largest absolute Gasteiger partial charge is 0.466 e. The molecule has 0 bridgehead atoms. The summed E-state index contributed by atoms with van der Waals surface area (Å²) in [5.74, 6) is -0.159. The highest BCUT2D eigenvalue weighted by Gasteiger charge is 2.12. The van der Waals surface area contributed by atoms with Gasteiger partial charge in [-0.2, -0.15) is 0 Å². The molecule has 226 valence electrons. The number of hydrogen-bond acceptors (Lipinski definition) is 5. The van der Waals surface area contributed by atoms with Crippen LogP contribution in [0.5, 0.6) is 0 Å². The van der Waals surface area contributed by atoms with E-state index in [9.17, 15) is 9.59 Å². The van der Waals surface area contributed by atoms with Gasteiger partial charge in [0, 0.05) is 6.42 Å². The van der Waals surface area contributed by atoms with Gasteiger partial charge in [0.05, 0.1) is 19.8 Å². The Labute approximate surface area is 237 Å². The Bertz CT molecular complexity index is 511. The van der Waals surface area contributed by atoms with Crippen molar-refractivity contribution in [1.82, 2.24) is 4.90 Å². The predicted molar refractivity (Wildman–Crippen MR) is 162 cm³/mol. The second kappa shape index (κ2) is 30.4. The van der Waals surface area contributed by atoms with Crippen molar-refractivity contribution in [2.45, 2.75) is 168 Å². The normalized spacial score (nSPS) is 11.3. The van der Waals surface area contributed by atoms with E-state index in [-0.39, 0.29) is 11.9 Å². The minimum atomic E-state index is -0.0973. The van der Waals surface area contributed by atoms with Gasteiger partial charge in [0.25, 0.3) is 0 Å². The molecule has 0 aromatic rings. The smallest absolute Gasteiger partial charge is 0.320 e. The van der Waals surface area contributed by atoms with Gasteiger partial charge in [0.1, 0.15) is 0 Å². The Balaban J connectivity index is 3.99. The summed E-state index contributed by atoms with van der Waals surface area (Å²) in [7, 11) is 0. The van der Waals surface area contributed by atoms with E-state index in [0.29, 0.717) is 26.2 Å². The number of carbonyl (C=O) groups is 2. The summed E-state index contributed by atoms with van der Waals surface area (Å²) in [5, 5.41) is 0. The minimum Gasteiger partial charge on any atom is -0.466 e. The fraction of sp³-hybridized carbons (Fsp3) is 0.939. The maximum atomic E-state index is 12.3. The molecule has 0 aliphatic rings. The van der Waals surface area contributed by atoms with E-state index in [1.165, 1.54) is 89.9 Å². The molecule has 5 heteroatoms. The molecule has 0 radical (unpaired) electrons. The van der Waals surface area contributed by atoms with E-state index < -0.39 is 0 Å². The molecule has 5 nitrogen and oxygen atoms in total. The zero-order valence-corrected chi connectivity index (χ0v) is 25.9. The first-order chi connectivity index (χ1) is 18.6. The molecule has 38 heavy (non-hydrogen) atoms. The van der Waals surface area contributed by atoms with Crippen molar-refractivity contribution in [3.8, 4) is 0 Å². The van der Waals surface area contributed by atoms with Crippen LogP contribution in [0.25, 0.3) is 0 Å². The fourth-order valence-electron chi connectivity index (χ4n) is 4.75. The number of rotatable bonds is 30. The second-order valence-corrected chi connectivity index (χ2v) is 11.2. The van der Waals surface area contributed by atoms with Crippen molar-refractivity contribution >= 4 is 11.9 Å². The van der Waals surface area contributed by atoms with E-state index >= 15 is 0 Å². The van der Waals surface area contributed by atoms with Gasteiger partial charge < -0.3 is 9.47 Å². The summed E-state index contributed by atoms with van der Waals surface area (Å²) in [6.07, 6.45) is 27.3. The summed E-state index contributed by atoms with van der Waals surface area (Å²) in [5.41, 5.74) is 0. The fourth-order valence-corrected chi connectivity index (χ4v) is 4.75. The molecule has 0 aromatic carbocycles. The van der Waals surface area contributed by atoms with Crippen LogP contribution in [-0.4, -0.2) is 49.7 Å². The Morgan fingerprint density at radius 1 is 0.447 bits per heavy atom. The van der Waals surface area contributed by atoms with Gasteiger partial charge in [-0.05, 0) is 45.2 Å². The van der Waals surface area contributed by atoms with Gasteiger partial charge >= 0.3 is 11.9 Å². The summed E-state index contributed by atoms with van der Waals surface area (Å²) < 4.78 is 10.8. The molecule has 0 N–H and O–H groups in total. The van der Waals surface area contributed by atoms with Crippen LogP contribution in [0.3, 0.4) is 0 Å². The van der Waals surface area contributed by atoms with Crippen molar-refractivity contribution < 1.29 is 19.1 Å². The molecule has 0 saturated heterocycles. The molecular weight excluding hydrogens is 474 g/mol. The molecule has 0 heterocycles. The molecule has 0 unspecified atom stereocenters. The van der Waals surface area contributed by atoms with Crippen molar-refractivity contribution in [2.75, 3.05) is 32.8 Å². The highest BCUT2D eigenvalue weighted by Crippen LogP contribution is 2.13. The first-order valence-corrected chi connectivity index (χ1v) is 16.7. The van der Waals surface area contributed by atoms with Gasteiger partial charge in [-0.15, -0.1) is 0 Å². The number of unbranched alkanes of at least 4 members (excludes halogenated alkanes) is 18. The quantitative estimate of drug-likeness (QED) is 0.0672. The van der Waals surface area contributed by atoms with Crippen LogP contribution in [-0.2, 0) is 19.1 Å². The monoisotopic (exact) mass is 539 g/mol. The molecule has 0 spiro atoms. The van der Waals surface area contributed by atoms with E-state index in [0.717, 1.165) is 64.5 Å². The first kappa shape index (κ1) is 36.9. The zero-order valence-electron chi connectivity index (χ0n) is 25.9. The van der Waals surface area contributed by atoms with E-state index in [1.54, 1.807) is 0 Å². The molecule has 0 rings (SSSR count). The van der Waals surface area contributed by atoms with E-state index in [1.807, 2.05) is 0 Å². The van der Waals surface area contributed by atoms with E-state index in [2.05, 4.69) is 25.7 Å². The van der Waals surface area contributed by atoms with Gasteiger partial charge in [0.2, 0.25) is 0 Å². The van der Waals surface area contributed by atoms with Crippen molar-refractivity contribution in [3.63, 3.8) is 0 Å². The molecule has 0 atom stereocenters. The van der Waals surface area contributed by atoms with Crippen LogP contribution in [0.4, 0.5) is 0 Å². The van der Waals surface area contributed by atoms with Crippen molar-refractivity contribution in [3.05, 3.63) is 0 Å². The third-order valence-corrected chi connectivity index (χ3v) is 7.31. The second-order valence-electron chi connectivity index (χ2n) is 11.2. The Morgan fingerprint density at radius 3 is 1.37 bits per heavy atom. The SMILES string of the molecule is CCCCCCCCCCCCCCN(CCCCCC(=O)OCCCCCCC)CC(=O)OCCCC. The molecule has 0 saturated carbocycles. The summed E-state index contributed by atoms with van der Waals surface area (Å²) in [6, 6.07) is 0. The summed E-state index contributed by atoms with van der Waals surface area (Å²) >= 11 is 0. The standard InChI is InChI=1S/C33H65NO4/c1-4-7-10-12-13-14-15-16-17-18-19-23-27-34(31-33(36)38-29-9-6-3)28-24-21-22-26-32(35)37-30-25-20-11-8-5-2/h4-31H2,1-3H3. The van der Waals surface area contributed by atoms with Crippen molar-refractivity contribution in [2.24, 2.45) is 0 Å². The number of hydrogen-bond donors (Lipinski definition) is 0. The highest BCUT2D eigenvalue weighted by atomic mass is 16.5. The maximum Gasteiger partial charge on any atom is 0.320 e. The van der Waals surface area contributed by atoms with Crippen LogP contribution < -0.4 is 0 Å². The molecule has 0 aliphatic heterocycles. The Hall–Kier alpha value is -1.10. The van der Waals surface area contributed by atoms with Gasteiger partial charge in [0.15, 0.2) is 0 Å². The Morgan fingerprint density at radius 2 is 0.842 bits per heavy atom. The third kappa shape index (κ3) is 27.9. The number of carbonyl (C=O) groups excluding carboxylic acids is 2. The molecule has 0 fully saturated rings. The Kier molecular flexibility index (Phi) is 29.6. The van der Waals surface area contributed by atoms with Gasteiger partial charge in [-0.3, -0.25) is 14.5 Å². The van der Waals surface area contributed by atoms with Gasteiger partial charge in [-0.1, -0.05) is 130 Å². The lowest BCUT2D eigenvalue weighted by atomic mass is 10.1. The van der Waals surface area contributed by atoms with Crippen LogP contribution in [0, 0.1) is 0 Å². The lowest BCUT2D eigenvalue weighted by molar-refractivity contribution is -0.145. The molecule has 0 amide bonds. The van der Waals surface area contributed by atoms with Crippen LogP contribution >= 0.6 is 0 Å². The lowest BCUT2D eigenvalue weighted by Crippen LogP contribution is -2.33. The number of ether oxygens (including phenoxy) is 2. The first-order valence-electron chi connectivity index (χ1n) is 16.7. The van der Waals surface area contributed by atoms with Gasteiger partial charge in [-0.25, -0.2) is 0 Å². The van der Waals surface area contributed by atoms with Crippen LogP contribution in [0.15, 0.2) is 0 Å². The van der Waals surface area contributed by atoms with Crippen LogP contribution in [0.1, 0.15) is 168 Å². The third-order valence-electron chi connectivity index (χ3n) is 7.31. The van der Waals surface area contributed by atoms with Crippen LogP contribution in [0.2, 0.25) is 0 Å². The summed E-state index contributed by atoms with van der Waals surface area (Å²) in [6.45, 7) is 9.93. The zero-order chi connectivity index (χ0) is 27.9. The number of esters is 2. The molecule has 0 aromatic heterocycles. The molecule has 0 aliphatic carbocycles. The number of nitrogens with zero attached hydrogens (tertiary/aromatic N) is 1. The lowest BCUT2D eigenvalue weighted by Gasteiger charge is -2.21. The average Bonchev–Trinajstić information content (AvgIpc) is 2.91. The highest BCUT2D eigenvalue weighted by molar-refractivity contribution is 5.71. The average molecular weight is 540 g/mol. The summed E-state index contributed by atoms with van der Waals surface area (Å²) in [4.78, 5) is 26.5. The predicted octanol–water partition coefficient (Wildman–Crippen LogP) is 9.41. The minimum absolute atomic E-state index is 0.0617. The maximum absolute atomic E-state index is 12.3. The van der Waals surface area contributed by atoms with Crippen molar-refractivity contribution in [1.29, 1.82) is 0 Å². The topological polar surface area (TPSA) is 55.8 Å². The van der Waals surface area contributed by atoms with E-state index in [4.69, 9.17) is 9.47 Å². The molecular formula is C33H65NO4.